The van der Waals surface area contributed by atoms with Gasteiger partial charge in [0.15, 0.2) is 0 Å². The molecule has 0 spiro atoms. The van der Waals surface area contributed by atoms with E-state index in [1.807, 2.05) is 0 Å². The number of nitrogens with two attached hydrogens (primary N) is 1. The second-order valence-corrected chi connectivity index (χ2v) is 6.32. The van der Waals surface area contributed by atoms with Crippen molar-refractivity contribution in [2.75, 3.05) is 6.54 Å². The molecule has 0 fully saturated rings. The fourth-order valence-corrected chi connectivity index (χ4v) is 2.85. The Balaban J connectivity index is 2.06. The number of hydrogen-bond acceptors (Lipinski definition) is 4. The van der Waals surface area contributed by atoms with Crippen LogP contribution in [0.2, 0.25) is 0 Å². The highest BCUT2D eigenvalue weighted by atomic mass is 32.2. The fourth-order valence-electron chi connectivity index (χ4n) is 1.64. The van der Waals surface area contributed by atoms with Crippen molar-refractivity contribution in [2.24, 2.45) is 5.73 Å². The van der Waals surface area contributed by atoms with Crippen molar-refractivity contribution in [1.29, 1.82) is 0 Å². The molecule has 0 bridgehead atoms. The maximum Gasteiger partial charge on any atom is 0.240 e. The van der Waals surface area contributed by atoms with Crippen LogP contribution in [0.5, 0.6) is 0 Å². The lowest BCUT2D eigenvalue weighted by molar-refractivity contribution is 0.581. The lowest BCUT2D eigenvalue weighted by Gasteiger charge is -2.07. The van der Waals surface area contributed by atoms with Crippen LogP contribution in [-0.4, -0.2) is 29.9 Å². The number of hydrogen-bond donors (Lipinski definition) is 3. The van der Waals surface area contributed by atoms with Crippen LogP contribution in [0.1, 0.15) is 11.3 Å². The normalized spacial score (nSPS) is 11.4. The molecule has 0 aliphatic heterocycles. The van der Waals surface area contributed by atoms with Gasteiger partial charge in [-0.25, -0.2) is 18.1 Å². The van der Waals surface area contributed by atoms with Gasteiger partial charge in [0.25, 0.3) is 0 Å². The lowest BCUT2D eigenvalue weighted by Crippen LogP contribution is -2.26. The standard InChI is InChI=1S/C12H14N4O2S2/c13-12(19)9-2-1-3-11(6-9)20(17,18)16-5-4-10-7-14-8-15-10/h1-3,6-8,16H,4-5H2,(H2,13,19)(H,14,15). The quantitative estimate of drug-likeness (QED) is 0.677. The zero-order chi connectivity index (χ0) is 14.6. The van der Waals surface area contributed by atoms with E-state index < -0.39 is 10.0 Å². The second kappa shape index (κ2) is 6.12. The third-order valence-corrected chi connectivity index (χ3v) is 4.36. The molecule has 0 atom stereocenters. The number of nitrogens with zero attached hydrogens (tertiary/aromatic N) is 1. The summed E-state index contributed by atoms with van der Waals surface area (Å²) in [6.07, 6.45) is 3.74. The Labute approximate surface area is 122 Å². The van der Waals surface area contributed by atoms with Crippen molar-refractivity contribution >= 4 is 27.2 Å². The minimum atomic E-state index is -3.57. The summed E-state index contributed by atoms with van der Waals surface area (Å²) < 4.78 is 26.7. The summed E-state index contributed by atoms with van der Waals surface area (Å²) in [5.74, 6) is 0. The molecule has 20 heavy (non-hydrogen) atoms. The highest BCUT2D eigenvalue weighted by Gasteiger charge is 2.14. The van der Waals surface area contributed by atoms with E-state index in [2.05, 4.69) is 14.7 Å². The molecule has 1 aromatic heterocycles. The molecule has 0 aliphatic rings. The van der Waals surface area contributed by atoms with Crippen molar-refractivity contribution < 1.29 is 8.42 Å². The van der Waals surface area contributed by atoms with Crippen molar-refractivity contribution in [2.45, 2.75) is 11.3 Å². The van der Waals surface area contributed by atoms with Crippen LogP contribution in [0.4, 0.5) is 0 Å². The van der Waals surface area contributed by atoms with Crippen molar-refractivity contribution in [3.05, 3.63) is 48.0 Å². The number of sulfonamides is 1. The number of aromatic amines is 1. The number of thiocarbonyl (C=S) groups is 1. The van der Waals surface area contributed by atoms with Gasteiger partial charge in [0.05, 0.1) is 11.2 Å². The summed E-state index contributed by atoms with van der Waals surface area (Å²) >= 11 is 4.84. The van der Waals surface area contributed by atoms with E-state index in [9.17, 15) is 8.42 Å². The zero-order valence-corrected chi connectivity index (χ0v) is 12.2. The minimum Gasteiger partial charge on any atom is -0.389 e. The second-order valence-electron chi connectivity index (χ2n) is 4.12. The monoisotopic (exact) mass is 310 g/mol. The first kappa shape index (κ1) is 14.6. The van der Waals surface area contributed by atoms with Gasteiger partial charge in [-0.05, 0) is 12.1 Å². The maximum absolute atomic E-state index is 12.1. The Morgan fingerprint density at radius 3 is 2.90 bits per heavy atom. The Bertz CT molecular complexity index is 696. The first-order valence-corrected chi connectivity index (χ1v) is 7.75. The van der Waals surface area contributed by atoms with Crippen LogP contribution in [-0.2, 0) is 16.4 Å². The van der Waals surface area contributed by atoms with Crippen LogP contribution in [0.3, 0.4) is 0 Å². The van der Waals surface area contributed by atoms with E-state index in [4.69, 9.17) is 18.0 Å². The van der Waals surface area contributed by atoms with Gasteiger partial charge >= 0.3 is 0 Å². The predicted molar refractivity (Wildman–Crippen MR) is 79.8 cm³/mol. The first-order chi connectivity index (χ1) is 9.49. The highest BCUT2D eigenvalue weighted by molar-refractivity contribution is 7.89. The number of benzene rings is 1. The fraction of sp³-hybridized carbons (Fsp3) is 0.167. The van der Waals surface area contributed by atoms with Gasteiger partial charge in [-0.15, -0.1) is 0 Å². The largest absolute Gasteiger partial charge is 0.389 e. The number of rotatable bonds is 6. The molecule has 2 aromatic rings. The molecule has 0 amide bonds. The van der Waals surface area contributed by atoms with E-state index in [1.165, 1.54) is 12.1 Å². The predicted octanol–water partition coefficient (Wildman–Crippen LogP) is 0.565. The molecular formula is C12H14N4O2S2. The molecule has 8 heteroatoms. The van der Waals surface area contributed by atoms with Crippen LogP contribution < -0.4 is 10.5 Å². The van der Waals surface area contributed by atoms with E-state index in [0.717, 1.165) is 5.69 Å². The summed E-state index contributed by atoms with van der Waals surface area (Å²) in [6, 6.07) is 6.24. The minimum absolute atomic E-state index is 0.146. The third kappa shape index (κ3) is 3.62. The van der Waals surface area contributed by atoms with Crippen LogP contribution in [0.25, 0.3) is 0 Å². The van der Waals surface area contributed by atoms with Crippen molar-refractivity contribution in [3.63, 3.8) is 0 Å². The van der Waals surface area contributed by atoms with E-state index in [1.54, 1.807) is 24.7 Å². The molecule has 106 valence electrons. The molecule has 0 aliphatic carbocycles. The molecule has 6 nitrogen and oxygen atoms in total. The number of imidazole rings is 1. The van der Waals surface area contributed by atoms with Gasteiger partial charge in [-0.1, -0.05) is 24.4 Å². The molecule has 0 unspecified atom stereocenters. The molecule has 0 saturated heterocycles. The third-order valence-electron chi connectivity index (χ3n) is 2.67. The summed E-state index contributed by atoms with van der Waals surface area (Å²) in [5, 5.41) is 0. The molecule has 4 N–H and O–H groups in total. The first-order valence-electron chi connectivity index (χ1n) is 5.86. The maximum atomic E-state index is 12.1. The van der Waals surface area contributed by atoms with Crippen LogP contribution >= 0.6 is 12.2 Å². The van der Waals surface area contributed by atoms with E-state index in [-0.39, 0.29) is 16.4 Å². The van der Waals surface area contributed by atoms with E-state index in [0.29, 0.717) is 12.0 Å². The molecular weight excluding hydrogens is 296 g/mol. The smallest absolute Gasteiger partial charge is 0.240 e. The Morgan fingerprint density at radius 1 is 1.45 bits per heavy atom. The Hall–Kier alpha value is -1.77. The Morgan fingerprint density at radius 2 is 2.25 bits per heavy atom. The molecule has 0 radical (unpaired) electrons. The van der Waals surface area contributed by atoms with Crippen LogP contribution in [0.15, 0.2) is 41.7 Å². The zero-order valence-electron chi connectivity index (χ0n) is 10.5. The number of H-pyrrole nitrogens is 1. The summed E-state index contributed by atoms with van der Waals surface area (Å²) in [7, 11) is -3.57. The van der Waals surface area contributed by atoms with Gasteiger partial charge in [0.2, 0.25) is 10.0 Å². The summed E-state index contributed by atoms with van der Waals surface area (Å²) in [4.78, 5) is 7.09. The molecule has 2 rings (SSSR count). The molecule has 0 saturated carbocycles. The van der Waals surface area contributed by atoms with Gasteiger partial charge in [0, 0.05) is 30.4 Å². The van der Waals surface area contributed by atoms with Gasteiger partial charge in [-0.3, -0.25) is 0 Å². The van der Waals surface area contributed by atoms with E-state index >= 15 is 0 Å². The average Bonchev–Trinajstić information content (AvgIpc) is 2.92. The highest BCUT2D eigenvalue weighted by Crippen LogP contribution is 2.11. The number of aromatic nitrogens is 2. The Kier molecular flexibility index (Phi) is 4.48. The lowest BCUT2D eigenvalue weighted by atomic mass is 10.2. The summed E-state index contributed by atoms with van der Waals surface area (Å²) in [5.41, 5.74) is 6.89. The average molecular weight is 310 g/mol. The van der Waals surface area contributed by atoms with Crippen molar-refractivity contribution in [3.8, 4) is 0 Å². The van der Waals surface area contributed by atoms with Crippen LogP contribution in [0, 0.1) is 0 Å². The molecule has 1 aromatic carbocycles. The van der Waals surface area contributed by atoms with Gasteiger partial charge < -0.3 is 10.7 Å². The molecule has 1 heterocycles. The number of nitrogens with one attached hydrogen (secondary N) is 2. The van der Waals surface area contributed by atoms with Gasteiger partial charge in [-0.2, -0.15) is 0 Å². The van der Waals surface area contributed by atoms with Gasteiger partial charge in [0.1, 0.15) is 4.99 Å². The van der Waals surface area contributed by atoms with Crippen molar-refractivity contribution in [1.82, 2.24) is 14.7 Å². The summed E-state index contributed by atoms with van der Waals surface area (Å²) in [6.45, 7) is 0.280. The SMILES string of the molecule is NC(=S)c1cccc(S(=O)(=O)NCCc2cnc[nH]2)c1. The topological polar surface area (TPSA) is 101 Å².